The molecule has 2 saturated heterocycles. The van der Waals surface area contributed by atoms with Crippen LogP contribution in [0.3, 0.4) is 0 Å². The molecule has 2 aliphatic rings. The van der Waals surface area contributed by atoms with Crippen LogP contribution in [0.2, 0.25) is 0 Å². The van der Waals surface area contributed by atoms with Crippen molar-refractivity contribution < 1.29 is 28.8 Å². The Hall–Kier alpha value is -3.18. The number of ketones is 1. The number of hydrogen-bond acceptors (Lipinski definition) is 6. The van der Waals surface area contributed by atoms with Crippen molar-refractivity contribution in [3.05, 3.63) is 0 Å². The fraction of sp³-hybridized carbons (Fsp3) is 0.769. The summed E-state index contributed by atoms with van der Waals surface area (Å²) in [6.45, 7) is 12.2. The molecule has 214 valence electrons. The van der Waals surface area contributed by atoms with Gasteiger partial charge in [-0.05, 0) is 36.5 Å². The Morgan fingerprint density at radius 3 is 2.16 bits per heavy atom. The summed E-state index contributed by atoms with van der Waals surface area (Å²) in [7, 11) is 0. The smallest absolute Gasteiger partial charge is 0.315 e. The van der Waals surface area contributed by atoms with Gasteiger partial charge in [0.25, 0.3) is 5.91 Å². The number of urea groups is 1. The third kappa shape index (κ3) is 8.42. The summed E-state index contributed by atoms with van der Waals surface area (Å²) in [5.74, 6) is -2.97. The highest BCUT2D eigenvalue weighted by molar-refractivity contribution is 6.36. The molecule has 3 atom stereocenters. The summed E-state index contributed by atoms with van der Waals surface area (Å²) >= 11 is 0. The van der Waals surface area contributed by atoms with Crippen LogP contribution in [0, 0.1) is 10.8 Å². The minimum atomic E-state index is -1.15. The lowest BCUT2D eigenvalue weighted by atomic mass is 9.85. The maximum absolute atomic E-state index is 13.6. The first kappa shape index (κ1) is 31.0. The molecule has 12 heteroatoms. The Labute approximate surface area is 224 Å². The zero-order valence-corrected chi connectivity index (χ0v) is 23.5. The Kier molecular flexibility index (Phi) is 10.3. The number of amides is 6. The van der Waals surface area contributed by atoms with Crippen LogP contribution in [-0.4, -0.2) is 89.5 Å². The number of nitrogens with one attached hydrogen (secondary N) is 3. The number of piperidine rings is 1. The quantitative estimate of drug-likeness (QED) is 0.309. The molecule has 0 saturated carbocycles. The maximum Gasteiger partial charge on any atom is 0.315 e. The van der Waals surface area contributed by atoms with Crippen LogP contribution in [0.1, 0.15) is 73.6 Å². The predicted molar refractivity (Wildman–Crippen MR) is 141 cm³/mol. The van der Waals surface area contributed by atoms with Gasteiger partial charge < -0.3 is 31.5 Å². The van der Waals surface area contributed by atoms with E-state index in [1.807, 2.05) is 41.5 Å². The van der Waals surface area contributed by atoms with E-state index in [1.54, 1.807) is 4.90 Å². The van der Waals surface area contributed by atoms with Gasteiger partial charge in [-0.25, -0.2) is 4.79 Å². The molecule has 0 aliphatic carbocycles. The highest BCUT2D eigenvalue weighted by atomic mass is 16.2. The first-order valence-electron chi connectivity index (χ1n) is 13.3. The fourth-order valence-corrected chi connectivity index (χ4v) is 4.63. The molecule has 5 N–H and O–H groups in total. The largest absolute Gasteiger partial charge is 0.363 e. The Morgan fingerprint density at radius 1 is 0.947 bits per heavy atom. The van der Waals surface area contributed by atoms with Crippen LogP contribution in [0.4, 0.5) is 4.79 Å². The number of nitrogens with zero attached hydrogens (tertiary/aromatic N) is 2. The Balaban J connectivity index is 2.12. The van der Waals surface area contributed by atoms with Crippen molar-refractivity contribution >= 4 is 35.4 Å². The highest BCUT2D eigenvalue weighted by Gasteiger charge is 2.42. The zero-order valence-electron chi connectivity index (χ0n) is 23.5. The minimum absolute atomic E-state index is 0.0753. The van der Waals surface area contributed by atoms with E-state index >= 15 is 0 Å². The monoisotopic (exact) mass is 536 g/mol. The second kappa shape index (κ2) is 12.6. The molecular formula is C26H44N6O6. The van der Waals surface area contributed by atoms with E-state index in [-0.39, 0.29) is 17.4 Å². The molecule has 0 radical (unpaired) electrons. The van der Waals surface area contributed by atoms with Gasteiger partial charge in [0.1, 0.15) is 12.1 Å². The number of rotatable bonds is 9. The van der Waals surface area contributed by atoms with Crippen molar-refractivity contribution in [2.24, 2.45) is 16.6 Å². The van der Waals surface area contributed by atoms with Crippen LogP contribution >= 0.6 is 0 Å². The van der Waals surface area contributed by atoms with E-state index in [2.05, 4.69) is 16.0 Å². The van der Waals surface area contributed by atoms with Gasteiger partial charge in [0.05, 0.1) is 12.6 Å². The van der Waals surface area contributed by atoms with Crippen molar-refractivity contribution in [2.45, 2.75) is 91.8 Å². The summed E-state index contributed by atoms with van der Waals surface area (Å²) in [6.07, 6.45) is 3.27. The summed E-state index contributed by atoms with van der Waals surface area (Å²) in [4.78, 5) is 77.6. The van der Waals surface area contributed by atoms with E-state index < -0.39 is 53.6 Å². The number of hydrogen-bond donors (Lipinski definition) is 4. The predicted octanol–water partition coefficient (Wildman–Crippen LogP) is 0.289. The second-order valence-corrected chi connectivity index (χ2v) is 12.3. The SMILES string of the molecule is CC(C)(C)[C@H](NC(=O)N[C@H](CN1CCCCC1=O)C(C)(C)C)C(=O)N1CCC[C@H]1C(=O)NCC(=O)C(N)=O. The maximum atomic E-state index is 13.6. The topological polar surface area (TPSA) is 171 Å². The van der Waals surface area contributed by atoms with Gasteiger partial charge in [0.15, 0.2) is 0 Å². The van der Waals surface area contributed by atoms with Gasteiger partial charge in [0.2, 0.25) is 23.5 Å². The molecule has 2 fully saturated rings. The summed E-state index contributed by atoms with van der Waals surface area (Å²) in [5.41, 5.74) is 3.90. The minimum Gasteiger partial charge on any atom is -0.363 e. The van der Waals surface area contributed by atoms with Gasteiger partial charge in [-0.15, -0.1) is 0 Å². The molecule has 2 aliphatic heterocycles. The summed E-state index contributed by atoms with van der Waals surface area (Å²) in [6, 6.07) is -2.66. The lowest BCUT2D eigenvalue weighted by Gasteiger charge is -2.39. The van der Waals surface area contributed by atoms with Crippen molar-refractivity contribution in [1.29, 1.82) is 0 Å². The number of carbonyl (C=O) groups excluding carboxylic acids is 6. The molecule has 0 aromatic rings. The summed E-state index contributed by atoms with van der Waals surface area (Å²) in [5, 5.41) is 8.17. The van der Waals surface area contributed by atoms with Crippen molar-refractivity contribution in [3.8, 4) is 0 Å². The zero-order chi connectivity index (χ0) is 28.8. The number of carbonyl (C=O) groups is 6. The molecule has 0 unspecified atom stereocenters. The van der Waals surface area contributed by atoms with E-state index in [1.165, 1.54) is 4.90 Å². The van der Waals surface area contributed by atoms with Gasteiger partial charge in [-0.3, -0.25) is 24.0 Å². The standard InChI is InChI=1S/C26H44N6O6/c1-25(2,3)18(15-31-12-8-7-11-19(31)34)29-24(38)30-20(26(4,5)6)23(37)32-13-9-10-16(32)22(36)28-14-17(33)21(27)35/h16,18,20H,7-15H2,1-6H3,(H2,27,35)(H,28,36)(H2,29,30,38)/t16-,18+,20+/m0/s1. The lowest BCUT2D eigenvalue weighted by molar-refractivity contribution is -0.142. The lowest BCUT2D eigenvalue weighted by Crippen LogP contribution is -2.61. The molecular weight excluding hydrogens is 492 g/mol. The molecule has 38 heavy (non-hydrogen) atoms. The number of Topliss-reactive ketones (excluding diaryl/α,β-unsaturated/α-hetero) is 1. The Morgan fingerprint density at radius 2 is 1.61 bits per heavy atom. The Bertz CT molecular complexity index is 937. The molecule has 0 aromatic carbocycles. The van der Waals surface area contributed by atoms with Crippen LogP contribution in [0.25, 0.3) is 0 Å². The van der Waals surface area contributed by atoms with E-state index in [9.17, 15) is 28.8 Å². The normalized spacial score (nSPS) is 19.9. The summed E-state index contributed by atoms with van der Waals surface area (Å²) < 4.78 is 0. The third-order valence-electron chi connectivity index (χ3n) is 7.10. The van der Waals surface area contributed by atoms with Crippen molar-refractivity contribution in [1.82, 2.24) is 25.8 Å². The molecule has 12 nitrogen and oxygen atoms in total. The van der Waals surface area contributed by atoms with Crippen LogP contribution in [0.5, 0.6) is 0 Å². The number of primary amides is 1. The van der Waals surface area contributed by atoms with E-state index in [4.69, 9.17) is 5.73 Å². The van der Waals surface area contributed by atoms with Gasteiger partial charge in [-0.1, -0.05) is 41.5 Å². The van der Waals surface area contributed by atoms with Crippen molar-refractivity contribution in [2.75, 3.05) is 26.2 Å². The highest BCUT2D eigenvalue weighted by Crippen LogP contribution is 2.27. The van der Waals surface area contributed by atoms with Gasteiger partial charge in [0, 0.05) is 26.1 Å². The number of likely N-dealkylation sites (tertiary alicyclic amines) is 2. The first-order valence-corrected chi connectivity index (χ1v) is 13.3. The van der Waals surface area contributed by atoms with E-state index in [0.717, 1.165) is 12.8 Å². The molecule has 2 heterocycles. The van der Waals surface area contributed by atoms with Crippen LogP contribution in [0.15, 0.2) is 0 Å². The molecule has 0 bridgehead atoms. The average molecular weight is 537 g/mol. The molecule has 6 amide bonds. The molecule has 0 spiro atoms. The fourth-order valence-electron chi connectivity index (χ4n) is 4.63. The van der Waals surface area contributed by atoms with Gasteiger partial charge in [-0.2, -0.15) is 0 Å². The van der Waals surface area contributed by atoms with Crippen molar-refractivity contribution in [3.63, 3.8) is 0 Å². The average Bonchev–Trinajstić information content (AvgIpc) is 3.30. The van der Waals surface area contributed by atoms with Gasteiger partial charge >= 0.3 is 6.03 Å². The number of nitrogens with two attached hydrogens (primary N) is 1. The molecule has 0 aromatic heterocycles. The second-order valence-electron chi connectivity index (χ2n) is 12.3. The first-order chi connectivity index (χ1) is 17.5. The van der Waals surface area contributed by atoms with Crippen LogP contribution in [-0.2, 0) is 24.0 Å². The third-order valence-corrected chi connectivity index (χ3v) is 7.10. The van der Waals surface area contributed by atoms with Crippen LogP contribution < -0.4 is 21.7 Å². The molecule has 2 rings (SSSR count). The van der Waals surface area contributed by atoms with E-state index in [0.29, 0.717) is 38.9 Å².